The van der Waals surface area contributed by atoms with Crippen LogP contribution in [0.1, 0.15) is 11.0 Å². The number of thiazole rings is 1. The smallest absolute Gasteiger partial charge is 0.124 e. The highest BCUT2D eigenvalue weighted by Gasteiger charge is 2.21. The van der Waals surface area contributed by atoms with E-state index in [9.17, 15) is 4.39 Å². The number of fused-ring (bicyclic) bond motifs is 1. The summed E-state index contributed by atoms with van der Waals surface area (Å²) in [6.45, 7) is 4.55. The number of aromatic nitrogens is 1. The summed E-state index contributed by atoms with van der Waals surface area (Å²) in [7, 11) is 1.69. The van der Waals surface area contributed by atoms with Gasteiger partial charge in [-0.05, 0) is 30.3 Å². The summed E-state index contributed by atoms with van der Waals surface area (Å²) in [5, 5.41) is 0.867. The fourth-order valence-electron chi connectivity index (χ4n) is 3.43. The second-order valence-corrected chi connectivity index (χ2v) is 7.82. The van der Waals surface area contributed by atoms with Crippen LogP contribution in [0, 0.1) is 5.82 Å². The molecule has 0 amide bonds. The molecule has 2 aromatic carbocycles. The van der Waals surface area contributed by atoms with Crippen molar-refractivity contribution in [2.45, 2.75) is 6.04 Å². The third kappa shape index (κ3) is 4.05. The predicted octanol–water partition coefficient (Wildman–Crippen LogP) is 3.27. The van der Waals surface area contributed by atoms with Crippen LogP contribution in [0.2, 0.25) is 0 Å². The van der Waals surface area contributed by atoms with Crippen LogP contribution in [0.3, 0.4) is 0 Å². The van der Waals surface area contributed by atoms with Crippen molar-refractivity contribution in [3.8, 4) is 5.75 Å². The van der Waals surface area contributed by atoms with Crippen LogP contribution < -0.4 is 15.4 Å². The number of anilines is 1. The molecule has 0 radical (unpaired) electrons. The number of hydrogen-bond donors (Lipinski definition) is 1. The van der Waals surface area contributed by atoms with Crippen LogP contribution in [0.4, 0.5) is 10.1 Å². The van der Waals surface area contributed by atoms with Gasteiger partial charge in [0.05, 0.1) is 23.4 Å². The molecule has 1 atom stereocenters. The second-order valence-electron chi connectivity index (χ2n) is 6.76. The van der Waals surface area contributed by atoms with Gasteiger partial charge < -0.3 is 15.4 Å². The van der Waals surface area contributed by atoms with Crippen LogP contribution in [0.25, 0.3) is 10.2 Å². The summed E-state index contributed by atoms with van der Waals surface area (Å²) >= 11 is 1.48. The number of nitrogens with two attached hydrogens (primary N) is 1. The summed E-state index contributed by atoms with van der Waals surface area (Å²) in [6, 6.07) is 12.7. The molecule has 1 aromatic heterocycles. The molecule has 3 aromatic rings. The van der Waals surface area contributed by atoms with Gasteiger partial charge in [0.2, 0.25) is 0 Å². The van der Waals surface area contributed by atoms with Crippen molar-refractivity contribution in [1.29, 1.82) is 0 Å². The SMILES string of the molecule is COc1cccc(N2CCN(CC(N)c3nc4ccc(F)cc4s3)CC2)c1. The normalized spacial score (nSPS) is 16.6. The zero-order valence-electron chi connectivity index (χ0n) is 15.3. The number of hydrogen-bond acceptors (Lipinski definition) is 6. The lowest BCUT2D eigenvalue weighted by molar-refractivity contribution is 0.243. The van der Waals surface area contributed by atoms with Gasteiger partial charge in [-0.25, -0.2) is 9.37 Å². The molecule has 2 heterocycles. The first-order valence-electron chi connectivity index (χ1n) is 9.05. The van der Waals surface area contributed by atoms with E-state index in [0.717, 1.165) is 53.7 Å². The van der Waals surface area contributed by atoms with Crippen LogP contribution in [-0.4, -0.2) is 49.7 Å². The van der Waals surface area contributed by atoms with E-state index < -0.39 is 0 Å². The Bertz CT molecular complexity index is 923. The maximum Gasteiger partial charge on any atom is 0.124 e. The molecule has 4 rings (SSSR count). The Morgan fingerprint density at radius 2 is 2.00 bits per heavy atom. The third-order valence-corrected chi connectivity index (χ3v) is 6.08. The lowest BCUT2D eigenvalue weighted by atomic mass is 10.2. The van der Waals surface area contributed by atoms with Gasteiger partial charge in [-0.3, -0.25) is 4.90 Å². The molecule has 1 saturated heterocycles. The molecule has 142 valence electrons. The van der Waals surface area contributed by atoms with Crippen molar-refractivity contribution in [2.24, 2.45) is 5.73 Å². The van der Waals surface area contributed by atoms with Crippen molar-refractivity contribution >= 4 is 27.2 Å². The summed E-state index contributed by atoms with van der Waals surface area (Å²) < 4.78 is 19.5. The molecule has 0 bridgehead atoms. The van der Waals surface area contributed by atoms with E-state index in [4.69, 9.17) is 10.5 Å². The zero-order valence-corrected chi connectivity index (χ0v) is 16.1. The van der Waals surface area contributed by atoms with Gasteiger partial charge in [0.15, 0.2) is 0 Å². The molecule has 1 fully saturated rings. The van der Waals surface area contributed by atoms with E-state index in [-0.39, 0.29) is 11.9 Å². The fraction of sp³-hybridized carbons (Fsp3) is 0.350. The Morgan fingerprint density at radius 3 is 2.78 bits per heavy atom. The van der Waals surface area contributed by atoms with Crippen molar-refractivity contribution in [3.63, 3.8) is 0 Å². The number of rotatable bonds is 5. The lowest BCUT2D eigenvalue weighted by Gasteiger charge is -2.37. The van der Waals surface area contributed by atoms with E-state index in [2.05, 4.69) is 26.9 Å². The van der Waals surface area contributed by atoms with E-state index in [0.29, 0.717) is 0 Å². The number of methoxy groups -OCH3 is 1. The minimum Gasteiger partial charge on any atom is -0.497 e. The molecule has 1 aliphatic heterocycles. The fourth-order valence-corrected chi connectivity index (χ4v) is 4.41. The topological polar surface area (TPSA) is 54.6 Å². The molecule has 0 saturated carbocycles. The van der Waals surface area contributed by atoms with Crippen molar-refractivity contribution < 1.29 is 9.13 Å². The van der Waals surface area contributed by atoms with Gasteiger partial charge in [-0.1, -0.05) is 6.07 Å². The Balaban J connectivity index is 1.36. The Labute approximate surface area is 162 Å². The monoisotopic (exact) mass is 386 g/mol. The molecular formula is C20H23FN4OS. The zero-order chi connectivity index (χ0) is 18.8. The van der Waals surface area contributed by atoms with E-state index in [1.165, 1.54) is 29.2 Å². The molecule has 1 unspecified atom stereocenters. The summed E-state index contributed by atoms with van der Waals surface area (Å²) in [5.74, 6) is 0.643. The first-order chi connectivity index (χ1) is 13.1. The largest absolute Gasteiger partial charge is 0.497 e. The first kappa shape index (κ1) is 18.2. The number of halogens is 1. The minimum atomic E-state index is -0.236. The first-order valence-corrected chi connectivity index (χ1v) is 9.87. The summed E-state index contributed by atoms with van der Waals surface area (Å²) in [5.41, 5.74) is 8.39. The number of benzene rings is 2. The highest BCUT2D eigenvalue weighted by Crippen LogP contribution is 2.27. The highest BCUT2D eigenvalue weighted by molar-refractivity contribution is 7.18. The molecule has 0 aliphatic carbocycles. The molecule has 0 spiro atoms. The maximum atomic E-state index is 13.4. The van der Waals surface area contributed by atoms with E-state index in [1.54, 1.807) is 13.2 Å². The maximum absolute atomic E-state index is 13.4. The standard InChI is InChI=1S/C20H23FN4OS/c1-26-16-4-2-3-15(12-16)25-9-7-24(8-10-25)13-17(22)20-23-18-6-5-14(21)11-19(18)27-20/h2-6,11-12,17H,7-10,13,22H2,1H3. The lowest BCUT2D eigenvalue weighted by Crippen LogP contribution is -2.48. The van der Waals surface area contributed by atoms with Crippen LogP contribution in [0.15, 0.2) is 42.5 Å². The van der Waals surface area contributed by atoms with Gasteiger partial charge in [0.25, 0.3) is 0 Å². The molecule has 7 heteroatoms. The average molecular weight is 386 g/mol. The molecule has 1 aliphatic rings. The van der Waals surface area contributed by atoms with E-state index in [1.807, 2.05) is 12.1 Å². The highest BCUT2D eigenvalue weighted by atomic mass is 32.1. The quantitative estimate of drug-likeness (QED) is 0.729. The molecule has 27 heavy (non-hydrogen) atoms. The Kier molecular flexibility index (Phi) is 5.24. The van der Waals surface area contributed by atoms with Crippen LogP contribution in [-0.2, 0) is 0 Å². The Morgan fingerprint density at radius 1 is 1.19 bits per heavy atom. The Hall–Kier alpha value is -2.22. The third-order valence-electron chi connectivity index (χ3n) is 4.93. The summed E-state index contributed by atoms with van der Waals surface area (Å²) in [4.78, 5) is 9.31. The second kappa shape index (κ2) is 7.80. The van der Waals surface area contributed by atoms with Gasteiger partial charge in [-0.2, -0.15) is 0 Å². The summed E-state index contributed by atoms with van der Waals surface area (Å²) in [6.07, 6.45) is 0. The van der Waals surface area contributed by atoms with E-state index >= 15 is 0 Å². The number of nitrogens with zero attached hydrogens (tertiary/aromatic N) is 3. The van der Waals surface area contributed by atoms with Crippen LogP contribution >= 0.6 is 11.3 Å². The molecule has 5 nitrogen and oxygen atoms in total. The number of ether oxygens (including phenoxy) is 1. The predicted molar refractivity (Wildman–Crippen MR) is 108 cm³/mol. The number of piperazine rings is 1. The van der Waals surface area contributed by atoms with Crippen molar-refractivity contribution in [2.75, 3.05) is 44.7 Å². The molecular weight excluding hydrogens is 363 g/mol. The van der Waals surface area contributed by atoms with Crippen molar-refractivity contribution in [1.82, 2.24) is 9.88 Å². The van der Waals surface area contributed by atoms with Gasteiger partial charge in [0, 0.05) is 44.5 Å². The van der Waals surface area contributed by atoms with Gasteiger partial charge in [0.1, 0.15) is 16.6 Å². The van der Waals surface area contributed by atoms with Crippen molar-refractivity contribution in [3.05, 3.63) is 53.3 Å². The van der Waals surface area contributed by atoms with Gasteiger partial charge in [-0.15, -0.1) is 11.3 Å². The molecule has 2 N–H and O–H groups in total. The van der Waals surface area contributed by atoms with Gasteiger partial charge >= 0.3 is 0 Å². The average Bonchev–Trinajstić information content (AvgIpc) is 3.12. The van der Waals surface area contributed by atoms with Crippen LogP contribution in [0.5, 0.6) is 5.75 Å². The minimum absolute atomic E-state index is 0.158.